The average Bonchev–Trinajstić information content (AvgIpc) is 2.61. The van der Waals surface area contributed by atoms with Gasteiger partial charge in [0.1, 0.15) is 16.4 Å². The van der Waals surface area contributed by atoms with Gasteiger partial charge in [-0.2, -0.15) is 4.31 Å². The fourth-order valence-corrected chi connectivity index (χ4v) is 3.90. The molecule has 0 unspecified atom stereocenters. The van der Waals surface area contributed by atoms with Crippen molar-refractivity contribution in [2.45, 2.75) is 11.4 Å². The standard InChI is InChI=1S/C17H21NO5S/c1-22-15-8-9-16(23-2)17(12-15)24(20,21)18(10-11-19)13-14-6-4-3-5-7-14/h3-9,12,19H,10-11,13H2,1-2H3. The molecule has 0 amide bonds. The Balaban J connectivity index is 2.44. The van der Waals surface area contributed by atoms with E-state index in [1.54, 1.807) is 12.1 Å². The van der Waals surface area contributed by atoms with Gasteiger partial charge in [-0.25, -0.2) is 8.42 Å². The fraction of sp³-hybridized carbons (Fsp3) is 0.294. The highest BCUT2D eigenvalue weighted by Crippen LogP contribution is 2.31. The van der Waals surface area contributed by atoms with Crippen LogP contribution in [-0.2, 0) is 16.6 Å². The summed E-state index contributed by atoms with van der Waals surface area (Å²) >= 11 is 0. The van der Waals surface area contributed by atoms with Gasteiger partial charge in [-0.05, 0) is 17.7 Å². The summed E-state index contributed by atoms with van der Waals surface area (Å²) in [4.78, 5) is 0.00808. The molecule has 0 aliphatic heterocycles. The van der Waals surface area contributed by atoms with E-state index in [4.69, 9.17) is 9.47 Å². The molecule has 0 heterocycles. The van der Waals surface area contributed by atoms with E-state index in [1.165, 1.54) is 24.6 Å². The lowest BCUT2D eigenvalue weighted by atomic mass is 10.2. The number of methoxy groups -OCH3 is 2. The number of hydrogen-bond donors (Lipinski definition) is 1. The van der Waals surface area contributed by atoms with E-state index in [1.807, 2.05) is 30.3 Å². The van der Waals surface area contributed by atoms with Crippen LogP contribution < -0.4 is 9.47 Å². The van der Waals surface area contributed by atoms with Crippen molar-refractivity contribution < 1.29 is 23.0 Å². The largest absolute Gasteiger partial charge is 0.497 e. The molecule has 24 heavy (non-hydrogen) atoms. The Morgan fingerprint density at radius 2 is 1.75 bits per heavy atom. The lowest BCUT2D eigenvalue weighted by Gasteiger charge is -2.23. The first kappa shape index (κ1) is 18.3. The minimum atomic E-state index is -3.87. The third-order valence-electron chi connectivity index (χ3n) is 3.54. The molecule has 2 aromatic rings. The van der Waals surface area contributed by atoms with Crippen LogP contribution in [0.4, 0.5) is 0 Å². The molecule has 0 aromatic heterocycles. The van der Waals surface area contributed by atoms with Crippen LogP contribution in [0.3, 0.4) is 0 Å². The zero-order valence-corrected chi connectivity index (χ0v) is 14.5. The molecule has 6 nitrogen and oxygen atoms in total. The Morgan fingerprint density at radius 3 is 2.33 bits per heavy atom. The Bertz CT molecular complexity index is 762. The van der Waals surface area contributed by atoms with Crippen LogP contribution in [0.25, 0.3) is 0 Å². The normalized spacial score (nSPS) is 11.5. The van der Waals surface area contributed by atoms with Crippen molar-refractivity contribution in [3.05, 3.63) is 54.1 Å². The minimum Gasteiger partial charge on any atom is -0.497 e. The number of hydrogen-bond acceptors (Lipinski definition) is 5. The molecule has 0 bridgehead atoms. The lowest BCUT2D eigenvalue weighted by Crippen LogP contribution is -2.33. The number of sulfonamides is 1. The van der Waals surface area contributed by atoms with Crippen molar-refractivity contribution in [1.29, 1.82) is 0 Å². The van der Waals surface area contributed by atoms with Gasteiger partial charge in [0, 0.05) is 19.2 Å². The quantitative estimate of drug-likeness (QED) is 0.786. The fourth-order valence-electron chi connectivity index (χ4n) is 2.31. The van der Waals surface area contributed by atoms with Crippen LogP contribution in [0, 0.1) is 0 Å². The van der Waals surface area contributed by atoms with Gasteiger partial charge in [0.15, 0.2) is 0 Å². The monoisotopic (exact) mass is 351 g/mol. The Morgan fingerprint density at radius 1 is 1.04 bits per heavy atom. The van der Waals surface area contributed by atoms with Gasteiger partial charge in [0.2, 0.25) is 10.0 Å². The van der Waals surface area contributed by atoms with Crippen LogP contribution in [-0.4, -0.2) is 45.2 Å². The third kappa shape index (κ3) is 4.05. The van der Waals surface area contributed by atoms with Crippen molar-refractivity contribution >= 4 is 10.0 Å². The molecule has 2 rings (SSSR count). The van der Waals surface area contributed by atoms with Crippen molar-refractivity contribution in [2.24, 2.45) is 0 Å². The van der Waals surface area contributed by atoms with Gasteiger partial charge in [0.25, 0.3) is 0 Å². The van der Waals surface area contributed by atoms with Crippen LogP contribution in [0.5, 0.6) is 11.5 Å². The summed E-state index contributed by atoms with van der Waals surface area (Å²) in [7, 11) is -0.991. The van der Waals surface area contributed by atoms with E-state index in [-0.39, 0.29) is 30.3 Å². The molecule has 1 N–H and O–H groups in total. The Hall–Kier alpha value is -2.09. The summed E-state index contributed by atoms with van der Waals surface area (Å²) in [5.41, 5.74) is 0.830. The first-order valence-electron chi connectivity index (χ1n) is 7.40. The zero-order valence-electron chi connectivity index (χ0n) is 13.7. The first-order valence-corrected chi connectivity index (χ1v) is 8.84. The molecular formula is C17H21NO5S. The number of aliphatic hydroxyl groups is 1. The highest BCUT2D eigenvalue weighted by molar-refractivity contribution is 7.89. The second-order valence-electron chi connectivity index (χ2n) is 5.06. The number of rotatable bonds is 8. The maximum Gasteiger partial charge on any atom is 0.247 e. The summed E-state index contributed by atoms with van der Waals surface area (Å²) in [5, 5.41) is 9.29. The van der Waals surface area contributed by atoms with Crippen LogP contribution in [0.15, 0.2) is 53.4 Å². The molecule has 0 aliphatic rings. The maximum absolute atomic E-state index is 13.1. The summed E-state index contributed by atoms with van der Waals surface area (Å²) in [6, 6.07) is 13.8. The molecule has 7 heteroatoms. The average molecular weight is 351 g/mol. The van der Waals surface area contributed by atoms with Gasteiger partial charge >= 0.3 is 0 Å². The number of benzene rings is 2. The smallest absolute Gasteiger partial charge is 0.247 e. The summed E-state index contributed by atoms with van der Waals surface area (Å²) < 4.78 is 37.6. The third-order valence-corrected chi connectivity index (χ3v) is 5.41. The number of nitrogens with zero attached hydrogens (tertiary/aromatic N) is 1. The molecule has 0 spiro atoms. The number of aliphatic hydroxyl groups excluding tert-OH is 1. The predicted molar refractivity (Wildman–Crippen MR) is 90.7 cm³/mol. The highest BCUT2D eigenvalue weighted by atomic mass is 32.2. The zero-order chi connectivity index (χ0) is 17.6. The van der Waals surface area contributed by atoms with E-state index >= 15 is 0 Å². The van der Waals surface area contributed by atoms with E-state index in [9.17, 15) is 13.5 Å². The molecule has 0 saturated heterocycles. The SMILES string of the molecule is COc1ccc(OC)c(S(=O)(=O)N(CCO)Cc2ccccc2)c1. The summed E-state index contributed by atoms with van der Waals surface area (Å²) in [5.74, 6) is 0.643. The Labute approximate surface area is 142 Å². The van der Waals surface area contributed by atoms with Gasteiger partial charge in [-0.15, -0.1) is 0 Å². The Kier molecular flexibility index (Phi) is 6.19. The van der Waals surface area contributed by atoms with Crippen molar-refractivity contribution in [1.82, 2.24) is 4.31 Å². The molecule has 0 aliphatic carbocycles. The van der Waals surface area contributed by atoms with Crippen molar-refractivity contribution in [3.63, 3.8) is 0 Å². The summed E-state index contributed by atoms with van der Waals surface area (Å²) in [6.45, 7) is -0.139. The predicted octanol–water partition coefficient (Wildman–Crippen LogP) is 1.89. The van der Waals surface area contributed by atoms with E-state index in [0.717, 1.165) is 5.56 Å². The number of ether oxygens (including phenoxy) is 2. The molecular weight excluding hydrogens is 330 g/mol. The van der Waals surface area contributed by atoms with E-state index in [0.29, 0.717) is 5.75 Å². The van der Waals surface area contributed by atoms with Gasteiger partial charge < -0.3 is 14.6 Å². The van der Waals surface area contributed by atoms with Crippen LogP contribution >= 0.6 is 0 Å². The summed E-state index contributed by atoms with van der Waals surface area (Å²) in [6.07, 6.45) is 0. The van der Waals surface area contributed by atoms with E-state index < -0.39 is 10.0 Å². The van der Waals surface area contributed by atoms with Crippen LogP contribution in [0.2, 0.25) is 0 Å². The molecule has 130 valence electrons. The van der Waals surface area contributed by atoms with Gasteiger partial charge in [-0.1, -0.05) is 30.3 Å². The first-order chi connectivity index (χ1) is 11.5. The topological polar surface area (TPSA) is 76.1 Å². The van der Waals surface area contributed by atoms with Crippen LogP contribution in [0.1, 0.15) is 5.56 Å². The lowest BCUT2D eigenvalue weighted by molar-refractivity contribution is 0.250. The highest BCUT2D eigenvalue weighted by Gasteiger charge is 2.28. The van der Waals surface area contributed by atoms with E-state index in [2.05, 4.69) is 0 Å². The molecule has 0 fully saturated rings. The maximum atomic E-state index is 13.1. The second kappa shape index (κ2) is 8.14. The molecule has 0 atom stereocenters. The van der Waals surface area contributed by atoms with Gasteiger partial charge in [0.05, 0.1) is 20.8 Å². The second-order valence-corrected chi connectivity index (χ2v) is 6.97. The van der Waals surface area contributed by atoms with Crippen molar-refractivity contribution in [3.8, 4) is 11.5 Å². The van der Waals surface area contributed by atoms with Gasteiger partial charge in [-0.3, -0.25) is 0 Å². The molecule has 2 aromatic carbocycles. The molecule has 0 saturated carbocycles. The van der Waals surface area contributed by atoms with Crippen molar-refractivity contribution in [2.75, 3.05) is 27.4 Å². The minimum absolute atomic E-state index is 0.00808. The molecule has 0 radical (unpaired) electrons.